The Bertz CT molecular complexity index is 915. The van der Waals surface area contributed by atoms with Gasteiger partial charge in [-0.3, -0.25) is 14.9 Å². The Morgan fingerprint density at radius 3 is 2.52 bits per heavy atom. The molecule has 1 fully saturated rings. The molecule has 0 saturated carbocycles. The minimum Gasteiger partial charge on any atom is -0.371 e. The van der Waals surface area contributed by atoms with Gasteiger partial charge in [-0.1, -0.05) is 11.6 Å². The molecule has 2 aromatic rings. The van der Waals surface area contributed by atoms with E-state index < -0.39 is 10.8 Å². The number of hydrogen-bond acceptors (Lipinski definition) is 4. The first-order valence-corrected chi connectivity index (χ1v) is 9.00. The quantitative estimate of drug-likeness (QED) is 0.260. The van der Waals surface area contributed by atoms with E-state index in [1.54, 1.807) is 30.3 Å². The molecule has 8 heteroatoms. The Morgan fingerprint density at radius 1 is 1.15 bits per heavy atom. The fourth-order valence-electron chi connectivity index (χ4n) is 2.98. The summed E-state index contributed by atoms with van der Waals surface area (Å²) in [6, 6.07) is 11.0. The summed E-state index contributed by atoms with van der Waals surface area (Å²) in [5.74, 6) is -0.507. The number of nitro benzene ring substituents is 1. The molecule has 1 saturated heterocycles. The van der Waals surface area contributed by atoms with Crippen LogP contribution in [0.15, 0.2) is 47.6 Å². The third kappa shape index (κ3) is 4.78. The molecule has 0 aromatic heterocycles. The van der Waals surface area contributed by atoms with E-state index >= 15 is 0 Å². The maximum absolute atomic E-state index is 12.1. The molecular formula is C19H18ClN4O3+. The monoisotopic (exact) mass is 385 g/mol. The van der Waals surface area contributed by atoms with Crippen molar-refractivity contribution in [3.63, 3.8) is 0 Å². The van der Waals surface area contributed by atoms with E-state index in [9.17, 15) is 14.9 Å². The van der Waals surface area contributed by atoms with Gasteiger partial charge in [0.25, 0.3) is 5.69 Å². The lowest BCUT2D eigenvalue weighted by molar-refractivity contribution is -0.384. The van der Waals surface area contributed by atoms with Crippen molar-refractivity contribution in [2.24, 2.45) is 5.11 Å². The Hall–Kier alpha value is -3.02. The van der Waals surface area contributed by atoms with E-state index in [0.717, 1.165) is 31.6 Å². The lowest BCUT2D eigenvalue weighted by Gasteiger charge is -2.29. The summed E-state index contributed by atoms with van der Waals surface area (Å²) in [5.41, 5.74) is 1.77. The maximum Gasteiger partial charge on any atom is 0.357 e. The first kappa shape index (κ1) is 18.8. The van der Waals surface area contributed by atoms with E-state index in [2.05, 4.69) is 14.8 Å². The maximum atomic E-state index is 12.1. The topological polar surface area (TPSA) is 89.9 Å². The average molecular weight is 386 g/mol. The lowest BCUT2D eigenvalue weighted by atomic mass is 10.1. The van der Waals surface area contributed by atoms with Gasteiger partial charge in [0.2, 0.25) is 0 Å². The number of halogens is 1. The Labute approximate surface area is 161 Å². The molecule has 0 radical (unpaired) electrons. The summed E-state index contributed by atoms with van der Waals surface area (Å²) in [4.78, 5) is 28.7. The molecule has 1 aliphatic heterocycles. The van der Waals surface area contributed by atoms with Crippen molar-refractivity contribution < 1.29 is 14.5 Å². The third-order valence-electron chi connectivity index (χ3n) is 4.36. The zero-order valence-corrected chi connectivity index (χ0v) is 15.3. The second-order valence-corrected chi connectivity index (χ2v) is 6.64. The molecule has 0 atom stereocenters. The lowest BCUT2D eigenvalue weighted by Crippen LogP contribution is -2.30. The van der Waals surface area contributed by atoms with Crippen LogP contribution in [0, 0.1) is 10.1 Å². The van der Waals surface area contributed by atoms with Crippen LogP contribution in [0.1, 0.15) is 35.2 Å². The van der Waals surface area contributed by atoms with Crippen molar-refractivity contribution in [2.75, 3.05) is 18.0 Å². The molecule has 7 nitrogen and oxygen atoms in total. The zero-order chi connectivity index (χ0) is 19.2. The highest BCUT2D eigenvalue weighted by Gasteiger charge is 2.19. The molecule has 0 bridgehead atoms. The van der Waals surface area contributed by atoms with Crippen LogP contribution in [0.5, 0.6) is 0 Å². The SMILES string of the molecule is O=C(N=[N+]=Cc1cc([N+](=O)[O-])ccc1N1CCCCC1)c1ccc(Cl)cc1. The number of piperidine rings is 1. The van der Waals surface area contributed by atoms with Crippen molar-refractivity contribution in [2.45, 2.75) is 19.3 Å². The standard InChI is InChI=1S/C19H18ClN4O3/c20-16-6-4-14(5-7-16)19(25)22-21-13-15-12-17(24(26)27)8-9-18(15)23-10-2-1-3-11-23/h4-9,12-13H,1-3,10-11H2/q+1. The molecular weight excluding hydrogens is 368 g/mol. The van der Waals surface area contributed by atoms with Crippen LogP contribution in [-0.4, -0.2) is 34.9 Å². The van der Waals surface area contributed by atoms with Crippen LogP contribution >= 0.6 is 11.6 Å². The number of benzene rings is 2. The summed E-state index contributed by atoms with van der Waals surface area (Å²) in [6.07, 6.45) is 4.72. The molecule has 2 aromatic carbocycles. The number of carbonyl (C=O) groups excluding carboxylic acids is 1. The predicted octanol–water partition coefficient (Wildman–Crippen LogP) is 4.16. The number of hydrogen-bond donors (Lipinski definition) is 0. The number of anilines is 1. The van der Waals surface area contributed by atoms with E-state index in [1.807, 2.05) is 0 Å². The Morgan fingerprint density at radius 2 is 1.85 bits per heavy atom. The molecule has 0 spiro atoms. The third-order valence-corrected chi connectivity index (χ3v) is 4.61. The predicted molar refractivity (Wildman–Crippen MR) is 103 cm³/mol. The summed E-state index contributed by atoms with van der Waals surface area (Å²) < 4.78 is 0. The van der Waals surface area contributed by atoms with E-state index in [1.165, 1.54) is 24.8 Å². The van der Waals surface area contributed by atoms with Gasteiger partial charge in [-0.25, -0.2) is 0 Å². The van der Waals surface area contributed by atoms with Gasteiger partial charge in [0.05, 0.1) is 21.0 Å². The van der Waals surface area contributed by atoms with Gasteiger partial charge in [-0.15, -0.1) is 0 Å². The molecule has 0 N–H and O–H groups in total. The van der Waals surface area contributed by atoms with Crippen molar-refractivity contribution in [1.29, 1.82) is 0 Å². The van der Waals surface area contributed by atoms with Crippen molar-refractivity contribution in [3.05, 3.63) is 68.7 Å². The molecule has 0 aliphatic carbocycles. The van der Waals surface area contributed by atoms with Gasteiger partial charge < -0.3 is 4.90 Å². The molecule has 1 aliphatic rings. The van der Waals surface area contributed by atoms with Crippen LogP contribution < -0.4 is 4.90 Å². The number of non-ortho nitro benzene ring substituents is 1. The number of nitro groups is 1. The Kier molecular flexibility index (Phi) is 5.96. The van der Waals surface area contributed by atoms with Gasteiger partial charge in [-0.05, 0) is 49.6 Å². The largest absolute Gasteiger partial charge is 0.371 e. The number of rotatable bonds is 4. The zero-order valence-electron chi connectivity index (χ0n) is 14.5. The summed E-state index contributed by atoms with van der Waals surface area (Å²) in [5, 5.41) is 15.3. The summed E-state index contributed by atoms with van der Waals surface area (Å²) >= 11 is 5.80. The van der Waals surface area contributed by atoms with Crippen LogP contribution in [0.4, 0.5) is 11.4 Å². The van der Waals surface area contributed by atoms with E-state index in [0.29, 0.717) is 16.1 Å². The smallest absolute Gasteiger partial charge is 0.357 e. The van der Waals surface area contributed by atoms with Crippen LogP contribution in [0.2, 0.25) is 5.02 Å². The van der Waals surface area contributed by atoms with Crippen molar-refractivity contribution in [3.8, 4) is 0 Å². The normalized spacial score (nSPS) is 13.6. The fourth-order valence-corrected chi connectivity index (χ4v) is 3.10. The molecule has 1 heterocycles. The first-order chi connectivity index (χ1) is 13.0. The molecule has 3 rings (SSSR count). The molecule has 0 unspecified atom stereocenters. The summed E-state index contributed by atoms with van der Waals surface area (Å²) in [7, 11) is 0. The van der Waals surface area contributed by atoms with Crippen molar-refractivity contribution >= 4 is 35.1 Å². The second kappa shape index (κ2) is 8.58. The molecule has 27 heavy (non-hydrogen) atoms. The van der Waals surface area contributed by atoms with Gasteiger partial charge in [0.1, 0.15) is 0 Å². The van der Waals surface area contributed by atoms with Crippen LogP contribution in [0.3, 0.4) is 0 Å². The Balaban J connectivity index is 1.89. The number of nitrogens with zero attached hydrogens (tertiary/aromatic N) is 4. The minimum absolute atomic E-state index is 0.0266. The molecule has 1 amide bonds. The second-order valence-electron chi connectivity index (χ2n) is 6.20. The highest BCUT2D eigenvalue weighted by Crippen LogP contribution is 2.26. The van der Waals surface area contributed by atoms with Gasteiger partial charge in [0.15, 0.2) is 5.11 Å². The minimum atomic E-state index is -0.507. The average Bonchev–Trinajstić information content (AvgIpc) is 2.69. The highest BCUT2D eigenvalue weighted by molar-refractivity contribution is 6.30. The summed E-state index contributed by atoms with van der Waals surface area (Å²) in [6.45, 7) is 1.78. The fraction of sp³-hybridized carbons (Fsp3) is 0.263. The number of amides is 1. The van der Waals surface area contributed by atoms with Gasteiger partial charge in [0, 0.05) is 35.8 Å². The van der Waals surface area contributed by atoms with Gasteiger partial charge in [-0.2, -0.15) is 0 Å². The van der Waals surface area contributed by atoms with Crippen LogP contribution in [0.25, 0.3) is 0 Å². The van der Waals surface area contributed by atoms with E-state index in [4.69, 9.17) is 11.6 Å². The van der Waals surface area contributed by atoms with E-state index in [-0.39, 0.29) is 5.69 Å². The first-order valence-electron chi connectivity index (χ1n) is 8.62. The van der Waals surface area contributed by atoms with Crippen molar-refractivity contribution in [1.82, 2.24) is 0 Å². The van der Waals surface area contributed by atoms with Crippen LogP contribution in [-0.2, 0) is 0 Å². The molecule has 138 valence electrons. The highest BCUT2D eigenvalue weighted by atomic mass is 35.5. The van der Waals surface area contributed by atoms with Gasteiger partial charge >= 0.3 is 12.1 Å². The number of carbonyl (C=O) groups is 1.